The molecule has 19 heavy (non-hydrogen) atoms. The molecule has 0 atom stereocenters. The van der Waals surface area contributed by atoms with Gasteiger partial charge in [0.05, 0.1) is 11.1 Å². The Morgan fingerprint density at radius 1 is 1.11 bits per heavy atom. The molecule has 0 spiro atoms. The molecular weight excluding hydrogens is 306 g/mol. The molecule has 0 aliphatic heterocycles. The molecule has 0 fully saturated rings. The Hall–Kier alpha value is -1.36. The first kappa shape index (κ1) is 14.1. The topological polar surface area (TPSA) is 41.5 Å². The summed E-state index contributed by atoms with van der Waals surface area (Å²) in [5, 5.41) is 12.1. The monoisotopic (exact) mass is 321 g/mol. The summed E-state index contributed by atoms with van der Waals surface area (Å²) in [4.78, 5) is 0. The Balaban J connectivity index is 2.13. The standard InChI is InChI=1S/C15H16BrNO2/c1-17-9-12-4-7-15(14(16)8-12)19-13-5-2-11(10-18)3-6-13/h2-8,17-18H,9-10H2,1H3. The number of hydrogen-bond donors (Lipinski definition) is 2. The van der Waals surface area contributed by atoms with Gasteiger partial charge in [0, 0.05) is 6.54 Å². The highest BCUT2D eigenvalue weighted by Crippen LogP contribution is 2.30. The van der Waals surface area contributed by atoms with Crippen molar-refractivity contribution >= 4 is 15.9 Å². The minimum absolute atomic E-state index is 0.0443. The van der Waals surface area contributed by atoms with E-state index in [1.165, 1.54) is 5.56 Å². The SMILES string of the molecule is CNCc1ccc(Oc2ccc(CO)cc2)c(Br)c1. The van der Waals surface area contributed by atoms with Crippen LogP contribution in [0.15, 0.2) is 46.9 Å². The lowest BCUT2D eigenvalue weighted by atomic mass is 10.2. The molecule has 3 nitrogen and oxygen atoms in total. The van der Waals surface area contributed by atoms with E-state index in [0.717, 1.165) is 28.1 Å². The van der Waals surface area contributed by atoms with E-state index in [2.05, 4.69) is 21.2 Å². The number of hydrogen-bond acceptors (Lipinski definition) is 3. The smallest absolute Gasteiger partial charge is 0.141 e. The van der Waals surface area contributed by atoms with E-state index in [-0.39, 0.29) is 6.61 Å². The third kappa shape index (κ3) is 3.80. The minimum atomic E-state index is 0.0443. The predicted molar refractivity (Wildman–Crippen MR) is 79.3 cm³/mol. The van der Waals surface area contributed by atoms with Crippen LogP contribution in [0.3, 0.4) is 0 Å². The molecule has 2 N–H and O–H groups in total. The predicted octanol–water partition coefficient (Wildman–Crippen LogP) is 3.45. The van der Waals surface area contributed by atoms with Crippen LogP contribution in [0.2, 0.25) is 0 Å². The molecule has 0 heterocycles. The van der Waals surface area contributed by atoms with Crippen molar-refractivity contribution < 1.29 is 9.84 Å². The van der Waals surface area contributed by atoms with Crippen LogP contribution in [0, 0.1) is 0 Å². The highest BCUT2D eigenvalue weighted by molar-refractivity contribution is 9.10. The minimum Gasteiger partial charge on any atom is -0.456 e. The van der Waals surface area contributed by atoms with Gasteiger partial charge in [-0.3, -0.25) is 0 Å². The quantitative estimate of drug-likeness (QED) is 0.886. The van der Waals surface area contributed by atoms with Crippen LogP contribution in [0.4, 0.5) is 0 Å². The number of aliphatic hydroxyl groups is 1. The van der Waals surface area contributed by atoms with E-state index in [1.54, 1.807) is 0 Å². The average Bonchev–Trinajstić information content (AvgIpc) is 2.43. The van der Waals surface area contributed by atoms with Gasteiger partial charge in [0.1, 0.15) is 11.5 Å². The van der Waals surface area contributed by atoms with Gasteiger partial charge in [-0.2, -0.15) is 0 Å². The summed E-state index contributed by atoms with van der Waals surface area (Å²) in [6.07, 6.45) is 0. The number of benzene rings is 2. The van der Waals surface area contributed by atoms with Gasteiger partial charge in [-0.15, -0.1) is 0 Å². The third-order valence-electron chi connectivity index (χ3n) is 2.71. The first-order valence-corrected chi connectivity index (χ1v) is 6.83. The lowest BCUT2D eigenvalue weighted by molar-refractivity contribution is 0.281. The Morgan fingerprint density at radius 3 is 2.37 bits per heavy atom. The van der Waals surface area contributed by atoms with Crippen LogP contribution in [-0.4, -0.2) is 12.2 Å². The fourth-order valence-electron chi connectivity index (χ4n) is 1.73. The van der Waals surface area contributed by atoms with Crippen molar-refractivity contribution in [3.8, 4) is 11.5 Å². The fourth-order valence-corrected chi connectivity index (χ4v) is 2.24. The van der Waals surface area contributed by atoms with Gasteiger partial charge in [-0.25, -0.2) is 0 Å². The summed E-state index contributed by atoms with van der Waals surface area (Å²) >= 11 is 3.51. The molecule has 2 aromatic carbocycles. The molecule has 100 valence electrons. The Morgan fingerprint density at radius 2 is 1.79 bits per heavy atom. The largest absolute Gasteiger partial charge is 0.456 e. The Bertz CT molecular complexity index is 540. The highest BCUT2D eigenvalue weighted by Gasteiger charge is 2.04. The molecule has 0 aliphatic carbocycles. The fraction of sp³-hybridized carbons (Fsp3) is 0.200. The summed E-state index contributed by atoms with van der Waals surface area (Å²) in [6, 6.07) is 13.4. The summed E-state index contributed by atoms with van der Waals surface area (Å²) in [5.41, 5.74) is 2.06. The zero-order valence-corrected chi connectivity index (χ0v) is 12.3. The first-order valence-electron chi connectivity index (χ1n) is 6.03. The van der Waals surface area contributed by atoms with Crippen molar-refractivity contribution in [1.29, 1.82) is 0 Å². The van der Waals surface area contributed by atoms with Crippen molar-refractivity contribution in [1.82, 2.24) is 5.32 Å². The molecule has 2 aromatic rings. The Kier molecular flexibility index (Phi) is 4.96. The molecule has 0 saturated carbocycles. The maximum atomic E-state index is 8.99. The zero-order chi connectivity index (χ0) is 13.7. The van der Waals surface area contributed by atoms with Crippen LogP contribution in [-0.2, 0) is 13.2 Å². The van der Waals surface area contributed by atoms with Gasteiger partial charge in [0.2, 0.25) is 0 Å². The molecule has 4 heteroatoms. The first-order chi connectivity index (χ1) is 9.22. The second-order valence-electron chi connectivity index (χ2n) is 4.20. The molecule has 0 unspecified atom stereocenters. The van der Waals surface area contributed by atoms with Crippen LogP contribution >= 0.6 is 15.9 Å². The maximum Gasteiger partial charge on any atom is 0.141 e. The summed E-state index contributed by atoms with van der Waals surface area (Å²) in [6.45, 7) is 0.868. The lowest BCUT2D eigenvalue weighted by Crippen LogP contribution is -2.04. The van der Waals surface area contributed by atoms with Crippen molar-refractivity contribution in [2.45, 2.75) is 13.2 Å². The summed E-state index contributed by atoms with van der Waals surface area (Å²) < 4.78 is 6.72. The van der Waals surface area contributed by atoms with Crippen molar-refractivity contribution in [3.63, 3.8) is 0 Å². The Labute approximate surface area is 121 Å². The van der Waals surface area contributed by atoms with E-state index in [0.29, 0.717) is 0 Å². The zero-order valence-electron chi connectivity index (χ0n) is 10.7. The van der Waals surface area contributed by atoms with Crippen LogP contribution in [0.5, 0.6) is 11.5 Å². The number of nitrogens with one attached hydrogen (secondary N) is 1. The average molecular weight is 322 g/mol. The van der Waals surface area contributed by atoms with Crippen LogP contribution in [0.1, 0.15) is 11.1 Å². The van der Waals surface area contributed by atoms with Gasteiger partial charge in [-0.1, -0.05) is 18.2 Å². The van der Waals surface area contributed by atoms with Crippen molar-refractivity contribution in [2.24, 2.45) is 0 Å². The maximum absolute atomic E-state index is 8.99. The summed E-state index contributed by atoms with van der Waals surface area (Å²) in [7, 11) is 1.92. The molecule has 0 aliphatic rings. The van der Waals surface area contributed by atoms with Gasteiger partial charge in [0.15, 0.2) is 0 Å². The summed E-state index contributed by atoms with van der Waals surface area (Å²) in [5.74, 6) is 1.52. The molecule has 0 radical (unpaired) electrons. The second kappa shape index (κ2) is 6.70. The van der Waals surface area contributed by atoms with Crippen molar-refractivity contribution in [2.75, 3.05) is 7.05 Å². The number of aliphatic hydroxyl groups excluding tert-OH is 1. The third-order valence-corrected chi connectivity index (χ3v) is 3.33. The number of halogens is 1. The van der Waals surface area contributed by atoms with Gasteiger partial charge >= 0.3 is 0 Å². The van der Waals surface area contributed by atoms with E-state index in [1.807, 2.05) is 49.5 Å². The molecule has 2 rings (SSSR count). The normalized spacial score (nSPS) is 10.5. The number of ether oxygens (including phenoxy) is 1. The van der Waals surface area contributed by atoms with Gasteiger partial charge < -0.3 is 15.2 Å². The molecule has 0 bridgehead atoms. The number of rotatable bonds is 5. The lowest BCUT2D eigenvalue weighted by Gasteiger charge is -2.09. The van der Waals surface area contributed by atoms with E-state index in [9.17, 15) is 0 Å². The second-order valence-corrected chi connectivity index (χ2v) is 5.05. The van der Waals surface area contributed by atoms with Crippen molar-refractivity contribution in [3.05, 3.63) is 58.1 Å². The van der Waals surface area contributed by atoms with Crippen LogP contribution in [0.25, 0.3) is 0 Å². The van der Waals surface area contributed by atoms with E-state index >= 15 is 0 Å². The van der Waals surface area contributed by atoms with E-state index < -0.39 is 0 Å². The van der Waals surface area contributed by atoms with Crippen LogP contribution < -0.4 is 10.1 Å². The van der Waals surface area contributed by atoms with E-state index in [4.69, 9.17) is 9.84 Å². The van der Waals surface area contributed by atoms with Gasteiger partial charge in [0.25, 0.3) is 0 Å². The molecule has 0 saturated heterocycles. The molecule has 0 amide bonds. The van der Waals surface area contributed by atoms with Gasteiger partial charge in [-0.05, 0) is 58.4 Å². The molecular formula is C15H16BrNO2. The highest BCUT2D eigenvalue weighted by atomic mass is 79.9. The molecule has 0 aromatic heterocycles.